The zero-order valence-corrected chi connectivity index (χ0v) is 12.0. The van der Waals surface area contributed by atoms with Crippen LogP contribution < -0.4 is 10.6 Å². The predicted octanol–water partition coefficient (Wildman–Crippen LogP) is 1.67. The molecule has 0 spiro atoms. The summed E-state index contributed by atoms with van der Waals surface area (Å²) in [6.45, 7) is 8.59. The van der Waals surface area contributed by atoms with Crippen molar-refractivity contribution in [2.45, 2.75) is 47.1 Å². The number of amides is 3. The van der Waals surface area contributed by atoms with Crippen LogP contribution in [0.15, 0.2) is 11.1 Å². The molecule has 0 aliphatic rings. The fourth-order valence-corrected chi connectivity index (χ4v) is 1.55. The molecule has 0 heterocycles. The van der Waals surface area contributed by atoms with Gasteiger partial charge in [0.1, 0.15) is 0 Å². The standard InChI is InChI=1S/C13H22N2O4/c1-7(2)6-8(3)14-13(19)15-11(16)9(4)10(5)12(17)18/h7-8H,6H2,1-5H3,(H,17,18)(H2,14,15,16,19). The number of carboxylic acids is 1. The van der Waals surface area contributed by atoms with Crippen molar-refractivity contribution in [3.63, 3.8) is 0 Å². The lowest BCUT2D eigenvalue weighted by Crippen LogP contribution is -2.44. The molecular formula is C13H22N2O4. The van der Waals surface area contributed by atoms with Crippen molar-refractivity contribution in [2.75, 3.05) is 0 Å². The number of hydrogen-bond acceptors (Lipinski definition) is 3. The molecule has 0 aromatic heterocycles. The first-order valence-corrected chi connectivity index (χ1v) is 6.17. The van der Waals surface area contributed by atoms with E-state index in [1.54, 1.807) is 0 Å². The summed E-state index contributed by atoms with van der Waals surface area (Å²) < 4.78 is 0. The van der Waals surface area contributed by atoms with E-state index in [9.17, 15) is 14.4 Å². The molecule has 3 N–H and O–H groups in total. The molecule has 0 saturated carbocycles. The van der Waals surface area contributed by atoms with E-state index < -0.39 is 17.9 Å². The summed E-state index contributed by atoms with van der Waals surface area (Å²) in [6, 6.07) is -0.673. The van der Waals surface area contributed by atoms with Gasteiger partial charge in [-0.15, -0.1) is 0 Å². The van der Waals surface area contributed by atoms with E-state index in [4.69, 9.17) is 5.11 Å². The van der Waals surface area contributed by atoms with Crippen LogP contribution >= 0.6 is 0 Å². The van der Waals surface area contributed by atoms with Gasteiger partial charge in [-0.1, -0.05) is 13.8 Å². The number of imide groups is 1. The van der Waals surface area contributed by atoms with Gasteiger partial charge >= 0.3 is 12.0 Å². The Morgan fingerprint density at radius 2 is 1.58 bits per heavy atom. The first-order chi connectivity index (χ1) is 8.65. The van der Waals surface area contributed by atoms with Crippen molar-refractivity contribution in [2.24, 2.45) is 5.92 Å². The third-order valence-corrected chi connectivity index (χ3v) is 2.65. The minimum Gasteiger partial charge on any atom is -0.478 e. The molecule has 0 fully saturated rings. The van der Waals surface area contributed by atoms with E-state index in [0.717, 1.165) is 6.42 Å². The van der Waals surface area contributed by atoms with Gasteiger partial charge in [-0.3, -0.25) is 10.1 Å². The summed E-state index contributed by atoms with van der Waals surface area (Å²) >= 11 is 0. The van der Waals surface area contributed by atoms with E-state index in [1.165, 1.54) is 13.8 Å². The highest BCUT2D eigenvalue weighted by Gasteiger charge is 2.16. The minimum absolute atomic E-state index is 0.0131. The van der Waals surface area contributed by atoms with Crippen molar-refractivity contribution in [3.8, 4) is 0 Å². The second kappa shape index (κ2) is 7.56. The lowest BCUT2D eigenvalue weighted by atomic mass is 10.1. The molecule has 3 amide bonds. The summed E-state index contributed by atoms with van der Waals surface area (Å²) in [4.78, 5) is 33.8. The first-order valence-electron chi connectivity index (χ1n) is 6.17. The van der Waals surface area contributed by atoms with E-state index in [2.05, 4.69) is 10.6 Å². The van der Waals surface area contributed by atoms with Crippen LogP contribution in [-0.2, 0) is 9.59 Å². The Hall–Kier alpha value is -1.85. The molecular weight excluding hydrogens is 248 g/mol. The Morgan fingerprint density at radius 3 is 2.00 bits per heavy atom. The lowest BCUT2D eigenvalue weighted by molar-refractivity contribution is -0.133. The highest BCUT2D eigenvalue weighted by molar-refractivity contribution is 6.07. The Balaban J connectivity index is 4.46. The summed E-state index contributed by atoms with van der Waals surface area (Å²) in [6.07, 6.45) is 0.796. The van der Waals surface area contributed by atoms with Crippen LogP contribution in [0.5, 0.6) is 0 Å². The van der Waals surface area contributed by atoms with Gasteiger partial charge < -0.3 is 10.4 Å². The van der Waals surface area contributed by atoms with Crippen LogP contribution in [0.4, 0.5) is 4.79 Å². The Kier molecular flexibility index (Phi) is 6.82. The molecule has 6 nitrogen and oxygen atoms in total. The van der Waals surface area contributed by atoms with Crippen LogP contribution in [0.25, 0.3) is 0 Å². The topological polar surface area (TPSA) is 95.5 Å². The van der Waals surface area contributed by atoms with Crippen molar-refractivity contribution < 1.29 is 19.5 Å². The maximum Gasteiger partial charge on any atom is 0.331 e. The molecule has 6 heteroatoms. The molecule has 0 aliphatic heterocycles. The molecule has 0 aromatic carbocycles. The third kappa shape index (κ3) is 6.59. The molecule has 0 bridgehead atoms. The number of nitrogens with one attached hydrogen (secondary N) is 2. The van der Waals surface area contributed by atoms with Crippen molar-refractivity contribution in [1.82, 2.24) is 10.6 Å². The van der Waals surface area contributed by atoms with E-state index in [-0.39, 0.29) is 17.2 Å². The minimum atomic E-state index is -1.18. The monoisotopic (exact) mass is 270 g/mol. The molecule has 108 valence electrons. The average molecular weight is 270 g/mol. The van der Waals surface area contributed by atoms with E-state index in [1.807, 2.05) is 20.8 Å². The number of rotatable bonds is 5. The van der Waals surface area contributed by atoms with Gasteiger partial charge in [0.15, 0.2) is 0 Å². The van der Waals surface area contributed by atoms with Gasteiger partial charge in [0.2, 0.25) is 0 Å². The highest BCUT2D eigenvalue weighted by atomic mass is 16.4. The summed E-state index contributed by atoms with van der Waals surface area (Å²) in [7, 11) is 0. The van der Waals surface area contributed by atoms with Crippen molar-refractivity contribution in [1.29, 1.82) is 0 Å². The van der Waals surface area contributed by atoms with Gasteiger partial charge in [0.25, 0.3) is 5.91 Å². The third-order valence-electron chi connectivity index (χ3n) is 2.65. The number of urea groups is 1. The number of aliphatic carboxylic acids is 1. The first kappa shape index (κ1) is 17.2. The maximum absolute atomic E-state index is 11.6. The molecule has 0 saturated heterocycles. The van der Waals surface area contributed by atoms with Gasteiger partial charge in [0, 0.05) is 17.2 Å². The quantitative estimate of drug-likeness (QED) is 0.662. The zero-order chi connectivity index (χ0) is 15.2. The molecule has 1 unspecified atom stereocenters. The smallest absolute Gasteiger partial charge is 0.331 e. The number of hydrogen-bond donors (Lipinski definition) is 3. The predicted molar refractivity (Wildman–Crippen MR) is 71.6 cm³/mol. The van der Waals surface area contributed by atoms with E-state index in [0.29, 0.717) is 5.92 Å². The fraction of sp³-hybridized carbons (Fsp3) is 0.615. The summed E-state index contributed by atoms with van der Waals surface area (Å²) in [5.74, 6) is -1.45. The van der Waals surface area contributed by atoms with Gasteiger partial charge in [0.05, 0.1) is 0 Å². The van der Waals surface area contributed by atoms with Gasteiger partial charge in [-0.05, 0) is 33.1 Å². The molecule has 1 atom stereocenters. The summed E-state index contributed by atoms with van der Waals surface area (Å²) in [5, 5.41) is 13.5. The lowest BCUT2D eigenvalue weighted by Gasteiger charge is -2.16. The second-order valence-corrected chi connectivity index (χ2v) is 5.01. The van der Waals surface area contributed by atoms with Crippen LogP contribution in [0, 0.1) is 5.92 Å². The normalized spacial score (nSPS) is 13.6. The fourth-order valence-electron chi connectivity index (χ4n) is 1.55. The number of carbonyl (C=O) groups is 3. The summed E-state index contributed by atoms with van der Waals surface area (Å²) in [5.41, 5.74) is -0.0697. The Labute approximate surface area is 113 Å². The molecule has 0 radical (unpaired) electrons. The van der Waals surface area contributed by atoms with Crippen LogP contribution in [0.3, 0.4) is 0 Å². The molecule has 19 heavy (non-hydrogen) atoms. The van der Waals surface area contributed by atoms with Crippen molar-refractivity contribution in [3.05, 3.63) is 11.1 Å². The van der Waals surface area contributed by atoms with Crippen LogP contribution in [0.2, 0.25) is 0 Å². The Bertz CT molecular complexity index is 399. The van der Waals surface area contributed by atoms with E-state index >= 15 is 0 Å². The maximum atomic E-state index is 11.6. The largest absolute Gasteiger partial charge is 0.478 e. The zero-order valence-electron chi connectivity index (χ0n) is 12.0. The SMILES string of the molecule is CC(C(=O)O)=C(C)C(=O)NC(=O)NC(C)CC(C)C. The molecule has 0 aliphatic carbocycles. The number of carboxylic acid groups (broad SMARTS) is 1. The van der Waals surface area contributed by atoms with Crippen LogP contribution in [0.1, 0.15) is 41.0 Å². The highest BCUT2D eigenvalue weighted by Crippen LogP contribution is 2.05. The molecule has 0 aromatic rings. The molecule has 0 rings (SSSR count). The second-order valence-electron chi connectivity index (χ2n) is 5.01. The Morgan fingerprint density at radius 1 is 1.05 bits per heavy atom. The van der Waals surface area contributed by atoms with Gasteiger partial charge in [-0.2, -0.15) is 0 Å². The number of carbonyl (C=O) groups excluding carboxylic acids is 2. The van der Waals surface area contributed by atoms with Crippen LogP contribution in [-0.4, -0.2) is 29.1 Å². The van der Waals surface area contributed by atoms with Gasteiger partial charge in [-0.25, -0.2) is 9.59 Å². The van der Waals surface area contributed by atoms with Crippen molar-refractivity contribution >= 4 is 17.9 Å². The average Bonchev–Trinajstić information content (AvgIpc) is 2.24.